The first-order valence-electron chi connectivity index (χ1n) is 7.39. The van der Waals surface area contributed by atoms with Crippen LogP contribution in [0.4, 0.5) is 0 Å². The quantitative estimate of drug-likeness (QED) is 0.584. The molecule has 0 saturated carbocycles. The summed E-state index contributed by atoms with van der Waals surface area (Å²) in [7, 11) is 0. The number of ether oxygens (including phenoxy) is 2. The lowest BCUT2D eigenvalue weighted by atomic mass is 10.1. The number of hydrogen-bond donors (Lipinski definition) is 1. The van der Waals surface area contributed by atoms with Crippen molar-refractivity contribution in [2.24, 2.45) is 0 Å². The summed E-state index contributed by atoms with van der Waals surface area (Å²) in [4.78, 5) is 0. The number of allylic oxidation sites excluding steroid dienone is 2. The Labute approximate surface area is 133 Å². The van der Waals surface area contributed by atoms with Crippen molar-refractivity contribution in [2.45, 2.75) is 39.7 Å². The first-order valence-corrected chi connectivity index (χ1v) is 7.80. The van der Waals surface area contributed by atoms with E-state index in [1.54, 1.807) is 0 Å². The maximum Gasteiger partial charge on any atom is 0.257 e. The van der Waals surface area contributed by atoms with Crippen LogP contribution in [0.5, 0.6) is 0 Å². The van der Waals surface area contributed by atoms with Crippen LogP contribution in [0.1, 0.15) is 32.8 Å². The molecule has 0 aliphatic heterocycles. The Morgan fingerprint density at radius 1 is 1.33 bits per heavy atom. The summed E-state index contributed by atoms with van der Waals surface area (Å²) < 4.78 is 11.3. The Bertz CT molecular complexity index is 445. The Morgan fingerprint density at radius 3 is 2.67 bits per heavy atom. The molecule has 0 amide bonds. The first-order chi connectivity index (χ1) is 10.2. The minimum absolute atomic E-state index is 0.0170. The van der Waals surface area contributed by atoms with Crippen LogP contribution in [0.15, 0.2) is 42.2 Å². The van der Waals surface area contributed by atoms with Crippen LogP contribution in [0.25, 0.3) is 0 Å². The van der Waals surface area contributed by atoms with E-state index in [0.717, 1.165) is 25.1 Å². The molecule has 21 heavy (non-hydrogen) atoms. The van der Waals surface area contributed by atoms with Crippen molar-refractivity contribution in [3.8, 4) is 0 Å². The fourth-order valence-electron chi connectivity index (χ4n) is 1.69. The number of thiocarbonyl (C=S) groups is 1. The maximum atomic E-state index is 5.70. The monoisotopic (exact) mass is 307 g/mol. The van der Waals surface area contributed by atoms with Gasteiger partial charge < -0.3 is 14.8 Å². The summed E-state index contributed by atoms with van der Waals surface area (Å²) in [6, 6.07) is 10.3. The van der Waals surface area contributed by atoms with Gasteiger partial charge in [0.05, 0.1) is 5.76 Å². The van der Waals surface area contributed by atoms with E-state index in [-0.39, 0.29) is 6.10 Å². The molecular weight excluding hydrogens is 282 g/mol. The summed E-state index contributed by atoms with van der Waals surface area (Å²) in [5.74, 6) is 0.903. The first kappa shape index (κ1) is 17.5. The van der Waals surface area contributed by atoms with Crippen LogP contribution in [0.3, 0.4) is 0 Å². The molecule has 116 valence electrons. The van der Waals surface area contributed by atoms with Gasteiger partial charge in [0.1, 0.15) is 12.7 Å². The van der Waals surface area contributed by atoms with Crippen molar-refractivity contribution in [1.82, 2.24) is 5.32 Å². The van der Waals surface area contributed by atoms with E-state index >= 15 is 0 Å². The Kier molecular flexibility index (Phi) is 8.51. The maximum absolute atomic E-state index is 5.70. The molecule has 0 heterocycles. The van der Waals surface area contributed by atoms with Gasteiger partial charge in [0.25, 0.3) is 5.17 Å². The number of benzene rings is 1. The molecule has 1 atom stereocenters. The molecular formula is C17H25NO2S. The predicted octanol–water partition coefficient (Wildman–Crippen LogP) is 3.84. The summed E-state index contributed by atoms with van der Waals surface area (Å²) >= 11 is 5.22. The molecule has 0 fully saturated rings. The highest BCUT2D eigenvalue weighted by Gasteiger charge is 2.10. The van der Waals surface area contributed by atoms with E-state index in [4.69, 9.17) is 21.7 Å². The zero-order valence-corrected chi connectivity index (χ0v) is 13.9. The fourth-order valence-corrected chi connectivity index (χ4v) is 1.93. The minimum atomic E-state index is -0.0170. The van der Waals surface area contributed by atoms with Crippen LogP contribution in [0.2, 0.25) is 0 Å². The van der Waals surface area contributed by atoms with Gasteiger partial charge in [-0.15, -0.1) is 0 Å². The van der Waals surface area contributed by atoms with Gasteiger partial charge in [0.15, 0.2) is 0 Å². The Hall–Kier alpha value is -1.55. The van der Waals surface area contributed by atoms with Gasteiger partial charge in [-0.2, -0.15) is 0 Å². The van der Waals surface area contributed by atoms with E-state index in [0.29, 0.717) is 11.8 Å². The zero-order chi connectivity index (χ0) is 15.5. The van der Waals surface area contributed by atoms with Crippen molar-refractivity contribution >= 4 is 17.4 Å². The summed E-state index contributed by atoms with van der Waals surface area (Å²) in [6.07, 6.45) is 3.70. The van der Waals surface area contributed by atoms with Crippen molar-refractivity contribution in [2.75, 3.05) is 13.2 Å². The molecule has 0 aliphatic carbocycles. The average molecular weight is 307 g/mol. The molecule has 0 aliphatic rings. The van der Waals surface area contributed by atoms with E-state index in [1.165, 1.54) is 5.56 Å². The number of nitrogens with one attached hydrogen (secondary N) is 1. The van der Waals surface area contributed by atoms with E-state index in [2.05, 4.69) is 24.4 Å². The molecule has 0 spiro atoms. The molecule has 3 nitrogen and oxygen atoms in total. The highest BCUT2D eigenvalue weighted by atomic mass is 32.1. The molecule has 0 radical (unpaired) electrons. The van der Waals surface area contributed by atoms with Crippen molar-refractivity contribution < 1.29 is 9.47 Å². The largest absolute Gasteiger partial charge is 0.495 e. The van der Waals surface area contributed by atoms with E-state index in [1.807, 2.05) is 38.1 Å². The van der Waals surface area contributed by atoms with Crippen LogP contribution in [-0.4, -0.2) is 24.4 Å². The van der Waals surface area contributed by atoms with Crippen LogP contribution >= 0.6 is 12.2 Å². The van der Waals surface area contributed by atoms with Gasteiger partial charge in [-0.05, 0) is 44.5 Å². The third-order valence-electron chi connectivity index (χ3n) is 3.16. The molecule has 1 unspecified atom stereocenters. The van der Waals surface area contributed by atoms with Gasteiger partial charge in [0.2, 0.25) is 0 Å². The van der Waals surface area contributed by atoms with Gasteiger partial charge in [0, 0.05) is 6.54 Å². The minimum Gasteiger partial charge on any atom is -0.495 e. The third-order valence-corrected chi connectivity index (χ3v) is 3.40. The second kappa shape index (κ2) is 10.2. The van der Waals surface area contributed by atoms with E-state index < -0.39 is 0 Å². The standard InChI is InChI=1S/C17H25NO2S/c1-4-14(3)19-13-16(5-2)20-17(21)18-12-11-15-9-7-6-8-10-15/h4,6-10,16H,5,11-13H2,1-3H3,(H,18,21)/b14-4+. The van der Waals surface area contributed by atoms with E-state index in [9.17, 15) is 0 Å². The van der Waals surface area contributed by atoms with Gasteiger partial charge in [-0.25, -0.2) is 0 Å². The van der Waals surface area contributed by atoms with Crippen molar-refractivity contribution in [3.63, 3.8) is 0 Å². The van der Waals surface area contributed by atoms with Crippen molar-refractivity contribution in [1.29, 1.82) is 0 Å². The lowest BCUT2D eigenvalue weighted by Gasteiger charge is -2.19. The van der Waals surface area contributed by atoms with Crippen LogP contribution in [-0.2, 0) is 15.9 Å². The molecule has 4 heteroatoms. The van der Waals surface area contributed by atoms with Gasteiger partial charge in [-0.3, -0.25) is 0 Å². The van der Waals surface area contributed by atoms with Gasteiger partial charge >= 0.3 is 0 Å². The molecule has 0 saturated heterocycles. The summed E-state index contributed by atoms with van der Waals surface area (Å²) in [5.41, 5.74) is 1.28. The van der Waals surface area contributed by atoms with Crippen LogP contribution in [0, 0.1) is 0 Å². The summed E-state index contributed by atoms with van der Waals surface area (Å²) in [5, 5.41) is 3.58. The predicted molar refractivity (Wildman–Crippen MR) is 91.3 cm³/mol. The molecule has 0 aromatic heterocycles. The average Bonchev–Trinajstić information content (AvgIpc) is 2.52. The molecule has 1 aromatic rings. The highest BCUT2D eigenvalue weighted by molar-refractivity contribution is 7.80. The lowest BCUT2D eigenvalue weighted by molar-refractivity contribution is 0.0776. The Balaban J connectivity index is 2.24. The van der Waals surface area contributed by atoms with Crippen molar-refractivity contribution in [3.05, 3.63) is 47.7 Å². The summed E-state index contributed by atoms with van der Waals surface area (Å²) in [6.45, 7) is 7.24. The third kappa shape index (κ3) is 7.71. The van der Waals surface area contributed by atoms with Gasteiger partial charge in [-0.1, -0.05) is 43.3 Å². The highest BCUT2D eigenvalue weighted by Crippen LogP contribution is 2.04. The SMILES string of the molecule is C/C=C(\C)OCC(CC)OC(=S)NCCc1ccccc1. The number of rotatable bonds is 8. The topological polar surface area (TPSA) is 30.5 Å². The fraction of sp³-hybridized carbons (Fsp3) is 0.471. The normalized spacial score (nSPS) is 12.6. The lowest BCUT2D eigenvalue weighted by Crippen LogP contribution is -2.32. The second-order valence-corrected chi connectivity index (χ2v) is 5.18. The smallest absolute Gasteiger partial charge is 0.257 e. The zero-order valence-electron chi connectivity index (χ0n) is 13.1. The molecule has 1 rings (SSSR count). The van der Waals surface area contributed by atoms with Crippen LogP contribution < -0.4 is 5.32 Å². The molecule has 1 aromatic carbocycles. The molecule has 1 N–H and O–H groups in total. The number of hydrogen-bond acceptors (Lipinski definition) is 3. The second-order valence-electron chi connectivity index (χ2n) is 4.81. The molecule has 0 bridgehead atoms. The Morgan fingerprint density at radius 2 is 2.05 bits per heavy atom.